The third kappa shape index (κ3) is 3.72. The number of benzene rings is 1. The molecule has 5 heteroatoms. The predicted octanol–water partition coefficient (Wildman–Crippen LogP) is 0.575. The van der Waals surface area contributed by atoms with Crippen molar-refractivity contribution in [2.75, 3.05) is 6.54 Å². The number of hydrogen-bond donors (Lipinski definition) is 4. The molecule has 94 valence electrons. The van der Waals surface area contributed by atoms with Crippen molar-refractivity contribution in [1.29, 1.82) is 0 Å². The van der Waals surface area contributed by atoms with Crippen molar-refractivity contribution in [3.8, 4) is 0 Å². The maximum absolute atomic E-state index is 10.8. The lowest BCUT2D eigenvalue weighted by Crippen LogP contribution is -2.58. The predicted molar refractivity (Wildman–Crippen MR) is 64.8 cm³/mol. The second-order valence-corrected chi connectivity index (χ2v) is 4.26. The van der Waals surface area contributed by atoms with Crippen LogP contribution in [-0.2, 0) is 6.42 Å². The van der Waals surface area contributed by atoms with E-state index in [1.54, 1.807) is 6.92 Å². The number of amides is 1. The molecule has 1 amide bonds. The monoisotopic (exact) mass is 238 g/mol. The zero-order valence-corrected chi connectivity index (χ0v) is 9.76. The van der Waals surface area contributed by atoms with E-state index in [-0.39, 0.29) is 6.54 Å². The molecule has 1 rings (SSSR count). The van der Waals surface area contributed by atoms with Crippen molar-refractivity contribution in [2.24, 2.45) is 5.73 Å². The molecule has 0 aliphatic heterocycles. The van der Waals surface area contributed by atoms with Gasteiger partial charge in [0, 0.05) is 6.54 Å². The van der Waals surface area contributed by atoms with Crippen molar-refractivity contribution < 1.29 is 15.0 Å². The summed E-state index contributed by atoms with van der Waals surface area (Å²) < 4.78 is 0. The van der Waals surface area contributed by atoms with E-state index in [1.807, 2.05) is 30.3 Å². The summed E-state index contributed by atoms with van der Waals surface area (Å²) in [6, 6.07) is 9.37. The molecular formula is C12H18N2O3. The fraction of sp³-hybridized carbons (Fsp3) is 0.417. The van der Waals surface area contributed by atoms with Gasteiger partial charge in [0.05, 0.1) is 11.6 Å². The van der Waals surface area contributed by atoms with Crippen LogP contribution in [0, 0.1) is 0 Å². The van der Waals surface area contributed by atoms with Gasteiger partial charge in [-0.2, -0.15) is 0 Å². The van der Waals surface area contributed by atoms with Crippen molar-refractivity contribution in [3.63, 3.8) is 0 Å². The lowest BCUT2D eigenvalue weighted by atomic mass is 9.87. The molecule has 0 aliphatic rings. The van der Waals surface area contributed by atoms with Crippen LogP contribution in [0.2, 0.25) is 0 Å². The van der Waals surface area contributed by atoms with E-state index in [1.165, 1.54) is 0 Å². The minimum Gasteiger partial charge on any atom is -0.465 e. The van der Waals surface area contributed by atoms with Crippen LogP contribution in [0.4, 0.5) is 4.79 Å². The highest BCUT2D eigenvalue weighted by atomic mass is 16.4. The Morgan fingerprint density at radius 1 is 1.47 bits per heavy atom. The van der Waals surface area contributed by atoms with Crippen LogP contribution in [-0.4, -0.2) is 34.5 Å². The molecule has 5 N–H and O–H groups in total. The molecule has 17 heavy (non-hydrogen) atoms. The van der Waals surface area contributed by atoms with Gasteiger partial charge in [-0.1, -0.05) is 30.3 Å². The molecule has 0 aliphatic carbocycles. The van der Waals surface area contributed by atoms with Gasteiger partial charge in [0.25, 0.3) is 0 Å². The molecule has 0 heterocycles. The second-order valence-electron chi connectivity index (χ2n) is 4.26. The largest absolute Gasteiger partial charge is 0.465 e. The molecule has 5 nitrogen and oxygen atoms in total. The highest BCUT2D eigenvalue weighted by Crippen LogP contribution is 2.17. The number of nitrogens with two attached hydrogens (primary N) is 1. The Morgan fingerprint density at radius 3 is 2.53 bits per heavy atom. The van der Waals surface area contributed by atoms with Crippen LogP contribution in [0.5, 0.6) is 0 Å². The summed E-state index contributed by atoms with van der Waals surface area (Å²) in [6.07, 6.45) is -1.71. The Bertz CT molecular complexity index is 369. The molecule has 0 fully saturated rings. The summed E-state index contributed by atoms with van der Waals surface area (Å²) in [6.45, 7) is 1.65. The van der Waals surface area contributed by atoms with Crippen LogP contribution in [0.25, 0.3) is 0 Å². The van der Waals surface area contributed by atoms with Gasteiger partial charge < -0.3 is 21.3 Å². The minimum absolute atomic E-state index is 0.00358. The lowest BCUT2D eigenvalue weighted by molar-refractivity contribution is 0.0741. The first-order chi connectivity index (χ1) is 7.98. The van der Waals surface area contributed by atoms with E-state index in [0.29, 0.717) is 6.42 Å². The highest BCUT2D eigenvalue weighted by molar-refractivity contribution is 5.65. The molecule has 0 bridgehead atoms. The fourth-order valence-corrected chi connectivity index (χ4v) is 1.77. The van der Waals surface area contributed by atoms with Crippen molar-refractivity contribution in [3.05, 3.63) is 35.9 Å². The van der Waals surface area contributed by atoms with E-state index in [2.05, 4.69) is 5.32 Å². The zero-order chi connectivity index (χ0) is 12.9. The van der Waals surface area contributed by atoms with E-state index in [0.717, 1.165) is 5.56 Å². The van der Waals surface area contributed by atoms with Crippen LogP contribution in [0.3, 0.4) is 0 Å². The minimum atomic E-state index is -1.17. The van der Waals surface area contributed by atoms with Crippen LogP contribution in [0.15, 0.2) is 30.3 Å². The maximum Gasteiger partial charge on any atom is 0.405 e. The Morgan fingerprint density at radius 2 is 2.06 bits per heavy atom. The summed E-state index contributed by atoms with van der Waals surface area (Å²) in [7, 11) is 0. The molecule has 0 saturated heterocycles. The first-order valence-electron chi connectivity index (χ1n) is 5.41. The molecule has 1 aromatic rings. The zero-order valence-electron chi connectivity index (χ0n) is 9.76. The van der Waals surface area contributed by atoms with Gasteiger partial charge in [-0.25, -0.2) is 4.79 Å². The number of hydrogen-bond acceptors (Lipinski definition) is 3. The number of aliphatic hydroxyl groups is 1. The van der Waals surface area contributed by atoms with Crippen molar-refractivity contribution in [1.82, 2.24) is 5.32 Å². The lowest BCUT2D eigenvalue weighted by Gasteiger charge is -2.34. The SMILES string of the molecule is CC(Cc1ccccc1)(NC(=O)O)C(O)CN. The average Bonchev–Trinajstić information content (AvgIpc) is 2.28. The molecule has 0 aromatic heterocycles. The molecule has 0 spiro atoms. The summed E-state index contributed by atoms with van der Waals surface area (Å²) in [5.74, 6) is 0. The topological polar surface area (TPSA) is 95.6 Å². The Hall–Kier alpha value is -1.59. The highest BCUT2D eigenvalue weighted by Gasteiger charge is 2.34. The van der Waals surface area contributed by atoms with Crippen molar-refractivity contribution >= 4 is 6.09 Å². The van der Waals surface area contributed by atoms with Crippen LogP contribution in [0.1, 0.15) is 12.5 Å². The smallest absolute Gasteiger partial charge is 0.405 e. The molecule has 0 saturated carbocycles. The summed E-state index contributed by atoms with van der Waals surface area (Å²) >= 11 is 0. The van der Waals surface area contributed by atoms with Gasteiger partial charge in [-0.05, 0) is 18.9 Å². The molecule has 2 atom stereocenters. The number of nitrogens with one attached hydrogen (secondary N) is 1. The second kappa shape index (κ2) is 5.65. The van der Waals surface area contributed by atoms with Crippen LogP contribution < -0.4 is 11.1 Å². The molecular weight excluding hydrogens is 220 g/mol. The van der Waals surface area contributed by atoms with E-state index < -0.39 is 17.7 Å². The van der Waals surface area contributed by atoms with Crippen LogP contribution >= 0.6 is 0 Å². The summed E-state index contributed by atoms with van der Waals surface area (Å²) in [4.78, 5) is 10.8. The normalized spacial score (nSPS) is 15.9. The van der Waals surface area contributed by atoms with E-state index in [9.17, 15) is 9.90 Å². The average molecular weight is 238 g/mol. The number of rotatable bonds is 5. The van der Waals surface area contributed by atoms with E-state index >= 15 is 0 Å². The molecule has 0 radical (unpaired) electrons. The first kappa shape index (κ1) is 13.5. The van der Waals surface area contributed by atoms with Gasteiger partial charge in [0.15, 0.2) is 0 Å². The Labute approximate surface area is 100 Å². The Balaban J connectivity index is 2.87. The van der Waals surface area contributed by atoms with Crippen molar-refractivity contribution in [2.45, 2.75) is 25.0 Å². The summed E-state index contributed by atoms with van der Waals surface area (Å²) in [5, 5.41) is 21.0. The van der Waals surface area contributed by atoms with Gasteiger partial charge in [-0.15, -0.1) is 0 Å². The Kier molecular flexibility index (Phi) is 4.48. The quantitative estimate of drug-likeness (QED) is 0.603. The number of carbonyl (C=O) groups is 1. The maximum atomic E-state index is 10.8. The van der Waals surface area contributed by atoms with Gasteiger partial charge in [0.1, 0.15) is 0 Å². The van der Waals surface area contributed by atoms with Gasteiger partial charge in [0.2, 0.25) is 0 Å². The fourth-order valence-electron chi connectivity index (χ4n) is 1.77. The van der Waals surface area contributed by atoms with Gasteiger partial charge in [-0.3, -0.25) is 0 Å². The number of carboxylic acid groups (broad SMARTS) is 1. The molecule has 1 aromatic carbocycles. The molecule has 2 unspecified atom stereocenters. The standard InChI is InChI=1S/C12H18N2O3/c1-12(10(15)8-13,14-11(16)17)7-9-5-3-2-4-6-9/h2-6,10,14-15H,7-8,13H2,1H3,(H,16,17). The summed E-state index contributed by atoms with van der Waals surface area (Å²) in [5.41, 5.74) is 5.36. The van der Waals surface area contributed by atoms with Gasteiger partial charge >= 0.3 is 6.09 Å². The first-order valence-corrected chi connectivity index (χ1v) is 5.41. The van der Waals surface area contributed by atoms with E-state index in [4.69, 9.17) is 10.8 Å². The third-order valence-electron chi connectivity index (χ3n) is 2.77. The third-order valence-corrected chi connectivity index (χ3v) is 2.77. The number of aliphatic hydroxyl groups excluding tert-OH is 1.